The lowest BCUT2D eigenvalue weighted by molar-refractivity contribution is 0.0933. The predicted molar refractivity (Wildman–Crippen MR) is 227 cm³/mol. The highest BCUT2D eigenvalue weighted by molar-refractivity contribution is 7.91. The Kier molecular flexibility index (Phi) is 7.90. The zero-order valence-corrected chi connectivity index (χ0v) is 34.6. The van der Waals surface area contributed by atoms with E-state index in [2.05, 4.69) is 93.6 Å². The Balaban J connectivity index is 1.51. The number of amides is 1. The number of carbonyl (C=O) groups is 1. The summed E-state index contributed by atoms with van der Waals surface area (Å²) in [7, 11) is 1.81. The van der Waals surface area contributed by atoms with Gasteiger partial charge in [0, 0.05) is 61.1 Å². The Hall–Kier alpha value is -2.19. The molecule has 4 nitrogen and oxygen atoms in total. The van der Waals surface area contributed by atoms with Gasteiger partial charge in [-0.2, -0.15) is 22.7 Å². The molecule has 0 fully saturated rings. The molecule has 0 N–H and O–H groups in total. The molecule has 0 saturated carbocycles. The summed E-state index contributed by atoms with van der Waals surface area (Å²) in [5.74, 6) is -0.430. The van der Waals surface area contributed by atoms with Crippen molar-refractivity contribution in [2.75, 3.05) is 0 Å². The van der Waals surface area contributed by atoms with Crippen molar-refractivity contribution >= 4 is 147 Å². The largest absolute Gasteiger partial charge is 0.286 e. The van der Waals surface area contributed by atoms with Crippen LogP contribution in [0, 0.1) is 0 Å². The van der Waals surface area contributed by atoms with Crippen LogP contribution in [0.1, 0.15) is 73.8 Å². The van der Waals surface area contributed by atoms with Crippen molar-refractivity contribution in [3.05, 3.63) is 51.0 Å². The molecule has 1 amide bonds. The predicted octanol–water partition coefficient (Wildman–Crippen LogP) is 8.10. The molecule has 7 aromatic rings. The first kappa shape index (κ1) is 33.9. The first-order valence-electron chi connectivity index (χ1n) is 16.4. The topological polar surface area (TPSA) is 54.5 Å². The van der Waals surface area contributed by atoms with E-state index in [-0.39, 0.29) is 15.7 Å². The number of fused-ring (bicyclic) bond motifs is 5. The van der Waals surface area contributed by atoms with E-state index in [0.29, 0.717) is 4.88 Å². The van der Waals surface area contributed by atoms with Crippen molar-refractivity contribution in [1.29, 1.82) is 0 Å². The van der Waals surface area contributed by atoms with Gasteiger partial charge in [-0.05, 0) is 57.5 Å². The lowest BCUT2D eigenvalue weighted by Crippen LogP contribution is -2.27. The molecule has 0 saturated heterocycles. The SMILES string of the molecule is Bc1ccc(-c2c3cc(C(C)(C)CC)sc3c(-c3ccc(B)s3)c3cc(-c4sc(C(C)(C)CC)c5c6c(sc45)C(=O)N(B)S6(=O)=O)sc23)s1. The van der Waals surface area contributed by atoms with Crippen LogP contribution in [0.4, 0.5) is 0 Å². The van der Waals surface area contributed by atoms with Gasteiger partial charge in [0.2, 0.25) is 7.98 Å². The summed E-state index contributed by atoms with van der Waals surface area (Å²) in [5, 5.41) is 3.30. The summed E-state index contributed by atoms with van der Waals surface area (Å²) in [6.45, 7) is 13.5. The van der Waals surface area contributed by atoms with Gasteiger partial charge in [0.1, 0.15) is 9.77 Å². The van der Waals surface area contributed by atoms with Gasteiger partial charge in [-0.15, -0.1) is 45.3 Å². The first-order valence-corrected chi connectivity index (χ1v) is 22.7. The minimum atomic E-state index is -3.91. The molecular weight excluding hydrogens is 739 g/mol. The van der Waals surface area contributed by atoms with Gasteiger partial charge < -0.3 is 0 Å². The lowest BCUT2D eigenvalue weighted by atomic mass is 9.87. The maximum Gasteiger partial charge on any atom is 0.266 e. The quantitative estimate of drug-likeness (QED) is 0.154. The van der Waals surface area contributed by atoms with E-state index in [1.54, 1.807) is 11.3 Å². The standard InChI is InChI=1S/C35H34B3NO3S7/c1-7-34(3,4)20-14-16-24(18-10-12-22(37)44-18)26-15(23(27(16)46-20)17-9-11-21(36)43-17)13-19(45-26)28-29-25(32(48-28)35(5,6)8-2)31-30(47-29)33(40)39(38)49(31,41)42/h9-14H,7-8,36-38H2,1-6H3. The number of sulfonamides is 1. The van der Waals surface area contributed by atoms with Crippen LogP contribution in [0.2, 0.25) is 0 Å². The van der Waals surface area contributed by atoms with E-state index in [4.69, 9.17) is 0 Å². The maximum absolute atomic E-state index is 13.7. The highest BCUT2D eigenvalue weighted by Gasteiger charge is 2.45. The van der Waals surface area contributed by atoms with E-state index < -0.39 is 15.9 Å². The van der Waals surface area contributed by atoms with E-state index in [1.165, 1.54) is 74.8 Å². The molecule has 8 rings (SSSR count). The third-order valence-corrected chi connectivity index (χ3v) is 20.0. The number of carbonyl (C=O) groups excluding carboxylic acids is 1. The second-order valence-corrected chi connectivity index (χ2v) is 22.9. The zero-order valence-electron chi connectivity index (χ0n) is 28.9. The number of benzene rings is 1. The maximum atomic E-state index is 13.7. The van der Waals surface area contributed by atoms with E-state index in [9.17, 15) is 13.2 Å². The summed E-state index contributed by atoms with van der Waals surface area (Å²) in [5.41, 5.74) is 2.38. The summed E-state index contributed by atoms with van der Waals surface area (Å²) in [6.07, 6.45) is 1.91. The van der Waals surface area contributed by atoms with Crippen LogP contribution >= 0.6 is 68.0 Å². The molecule has 14 heteroatoms. The van der Waals surface area contributed by atoms with Gasteiger partial charge in [-0.1, -0.05) is 53.7 Å². The van der Waals surface area contributed by atoms with Gasteiger partial charge in [-0.3, -0.25) is 9.01 Å². The Morgan fingerprint density at radius 2 is 1.27 bits per heavy atom. The molecule has 49 heavy (non-hydrogen) atoms. The molecular formula is C35H34B3NO3S7. The molecule has 0 aliphatic carbocycles. The fraction of sp³-hybridized carbons (Fsp3) is 0.286. The van der Waals surface area contributed by atoms with Crippen molar-refractivity contribution in [2.45, 2.75) is 70.1 Å². The van der Waals surface area contributed by atoms with Crippen LogP contribution in [0.15, 0.2) is 41.3 Å². The average molecular weight is 774 g/mol. The summed E-state index contributed by atoms with van der Waals surface area (Å²) in [6, 6.07) is 13.8. The van der Waals surface area contributed by atoms with Gasteiger partial charge in [0.05, 0.1) is 9.58 Å². The highest BCUT2D eigenvalue weighted by Crippen LogP contribution is 2.58. The van der Waals surface area contributed by atoms with Crippen LogP contribution in [-0.2, 0) is 20.9 Å². The Morgan fingerprint density at radius 3 is 1.82 bits per heavy atom. The van der Waals surface area contributed by atoms with Gasteiger partial charge in [-0.25, -0.2) is 8.42 Å². The Bertz CT molecular complexity index is 2530. The van der Waals surface area contributed by atoms with Crippen LogP contribution in [0.3, 0.4) is 0 Å². The number of hydrogen-bond acceptors (Lipinski definition) is 9. The molecule has 6 aromatic heterocycles. The number of hydrogen-bond donors (Lipinski definition) is 0. The van der Waals surface area contributed by atoms with Crippen LogP contribution < -0.4 is 9.55 Å². The fourth-order valence-corrected chi connectivity index (χ4v) is 16.2. The highest BCUT2D eigenvalue weighted by atomic mass is 32.2. The third-order valence-electron chi connectivity index (χ3n) is 10.3. The lowest BCUT2D eigenvalue weighted by Gasteiger charge is -2.21. The van der Waals surface area contributed by atoms with Crippen molar-refractivity contribution in [1.82, 2.24) is 4.22 Å². The number of rotatable bonds is 7. The molecule has 0 radical (unpaired) electrons. The summed E-state index contributed by atoms with van der Waals surface area (Å²) >= 11 is 10.5. The smallest absolute Gasteiger partial charge is 0.266 e. The third kappa shape index (κ3) is 4.91. The van der Waals surface area contributed by atoms with Crippen molar-refractivity contribution < 1.29 is 13.2 Å². The molecule has 248 valence electrons. The van der Waals surface area contributed by atoms with Crippen LogP contribution in [0.5, 0.6) is 0 Å². The molecule has 7 heterocycles. The van der Waals surface area contributed by atoms with Crippen molar-refractivity contribution in [2.24, 2.45) is 0 Å². The normalized spacial score (nSPS) is 15.1. The summed E-state index contributed by atoms with van der Waals surface area (Å²) < 4.78 is 34.3. The van der Waals surface area contributed by atoms with Crippen LogP contribution in [-0.4, -0.2) is 42.2 Å². The Labute approximate surface area is 314 Å². The summed E-state index contributed by atoms with van der Waals surface area (Å²) in [4.78, 5) is 21.0. The minimum absolute atomic E-state index is 0.0595. The molecule has 0 spiro atoms. The average Bonchev–Trinajstić information content (AvgIpc) is 3.90. The van der Waals surface area contributed by atoms with Crippen LogP contribution in [0.25, 0.3) is 60.9 Å². The molecule has 1 aliphatic heterocycles. The second kappa shape index (κ2) is 11.4. The Morgan fingerprint density at radius 1 is 0.694 bits per heavy atom. The molecule has 1 aliphatic rings. The first-order chi connectivity index (χ1) is 23.1. The fourth-order valence-electron chi connectivity index (χ4n) is 6.57. The van der Waals surface area contributed by atoms with Crippen molar-refractivity contribution in [3.63, 3.8) is 0 Å². The minimum Gasteiger partial charge on any atom is -0.286 e. The van der Waals surface area contributed by atoms with E-state index in [0.717, 1.165) is 41.8 Å². The van der Waals surface area contributed by atoms with Gasteiger partial charge in [0.25, 0.3) is 15.9 Å². The van der Waals surface area contributed by atoms with Gasteiger partial charge >= 0.3 is 0 Å². The zero-order chi connectivity index (χ0) is 34.9. The molecule has 0 bridgehead atoms. The monoisotopic (exact) mass is 773 g/mol. The molecule has 0 atom stereocenters. The number of thiophene rings is 6. The van der Waals surface area contributed by atoms with E-state index >= 15 is 0 Å². The second-order valence-electron chi connectivity index (χ2n) is 14.3. The van der Waals surface area contributed by atoms with Gasteiger partial charge in [0.15, 0.2) is 15.7 Å². The molecule has 0 unspecified atom stereocenters. The van der Waals surface area contributed by atoms with E-state index in [1.807, 2.05) is 45.3 Å². The number of nitrogens with zero attached hydrogens (tertiary/aromatic N) is 1. The van der Waals surface area contributed by atoms with Crippen molar-refractivity contribution in [3.8, 4) is 30.6 Å². The molecule has 1 aromatic carbocycles.